The highest BCUT2D eigenvalue weighted by Crippen LogP contribution is 2.33. The maximum absolute atomic E-state index is 12.9. The Bertz CT molecular complexity index is 585. The fraction of sp³-hybridized carbons (Fsp3) is 0.600. The molecule has 0 atom stereocenters. The summed E-state index contributed by atoms with van der Waals surface area (Å²) in [5.41, 5.74) is 0.920. The summed E-state index contributed by atoms with van der Waals surface area (Å²) in [7, 11) is -1.68. The van der Waals surface area contributed by atoms with E-state index in [2.05, 4.69) is 5.32 Å². The molecule has 0 unspecified atom stereocenters. The second-order valence-corrected chi connectivity index (χ2v) is 7.92. The van der Waals surface area contributed by atoms with E-state index in [1.165, 1.54) is 0 Å². The van der Waals surface area contributed by atoms with Crippen molar-refractivity contribution in [2.24, 2.45) is 5.92 Å². The number of halogens is 1. The molecule has 21 heavy (non-hydrogen) atoms. The highest BCUT2D eigenvalue weighted by Gasteiger charge is 2.32. The number of nitrogens with zero attached hydrogens (tertiary/aromatic N) is 1. The first-order valence-electron chi connectivity index (χ1n) is 7.42. The Balaban J connectivity index is 2.32. The Hall–Kier alpha value is -0.620. The van der Waals surface area contributed by atoms with Gasteiger partial charge >= 0.3 is 0 Å². The molecule has 0 aliphatic heterocycles. The van der Waals surface area contributed by atoms with Crippen molar-refractivity contribution >= 4 is 21.6 Å². The lowest BCUT2D eigenvalue weighted by atomic mass is 10.2. The van der Waals surface area contributed by atoms with Gasteiger partial charge in [0, 0.05) is 19.6 Å². The van der Waals surface area contributed by atoms with E-state index < -0.39 is 10.0 Å². The molecule has 0 spiro atoms. The normalized spacial score (nSPS) is 15.6. The van der Waals surface area contributed by atoms with Gasteiger partial charge in [0.1, 0.15) is 4.90 Å². The van der Waals surface area contributed by atoms with Crippen molar-refractivity contribution in [3.63, 3.8) is 0 Å². The van der Waals surface area contributed by atoms with Gasteiger partial charge in [-0.05, 0) is 49.9 Å². The number of hydrogen-bond acceptors (Lipinski definition) is 3. The topological polar surface area (TPSA) is 49.4 Å². The standard InChI is InChI=1S/C15H23ClN2O2S/c1-3-8-18(11-12-4-5-12)21(19,20)15-9-13(10-17-2)6-7-14(15)16/h6-7,9,12,17H,3-5,8,10-11H2,1-2H3. The van der Waals surface area contributed by atoms with Crippen molar-refractivity contribution in [3.8, 4) is 0 Å². The monoisotopic (exact) mass is 330 g/mol. The Kier molecular flexibility index (Phi) is 5.66. The summed E-state index contributed by atoms with van der Waals surface area (Å²) in [5.74, 6) is 0.519. The van der Waals surface area contributed by atoms with Gasteiger partial charge in [0.25, 0.3) is 0 Å². The lowest BCUT2D eigenvalue weighted by molar-refractivity contribution is 0.395. The van der Waals surface area contributed by atoms with Crippen LogP contribution in [-0.4, -0.2) is 32.9 Å². The molecular formula is C15H23ClN2O2S. The third-order valence-corrected chi connectivity index (χ3v) is 5.97. The van der Waals surface area contributed by atoms with Gasteiger partial charge in [0.2, 0.25) is 10.0 Å². The van der Waals surface area contributed by atoms with Crippen LogP contribution in [0.5, 0.6) is 0 Å². The molecule has 1 aliphatic rings. The van der Waals surface area contributed by atoms with Gasteiger partial charge in [-0.1, -0.05) is 24.6 Å². The molecule has 0 aromatic heterocycles. The maximum atomic E-state index is 12.9. The van der Waals surface area contributed by atoms with Gasteiger partial charge in [0.15, 0.2) is 0 Å². The number of rotatable bonds is 8. The third-order valence-electron chi connectivity index (χ3n) is 3.63. The number of hydrogen-bond donors (Lipinski definition) is 1. The SMILES string of the molecule is CCCN(CC1CC1)S(=O)(=O)c1cc(CNC)ccc1Cl. The van der Waals surface area contributed by atoms with Crippen molar-refractivity contribution in [2.75, 3.05) is 20.1 Å². The van der Waals surface area contributed by atoms with Crippen LogP contribution in [0, 0.1) is 5.92 Å². The van der Waals surface area contributed by atoms with Crippen LogP contribution in [0.15, 0.2) is 23.1 Å². The molecule has 1 saturated carbocycles. The summed E-state index contributed by atoms with van der Waals surface area (Å²) in [6.07, 6.45) is 3.06. The first-order valence-corrected chi connectivity index (χ1v) is 9.24. The molecule has 0 saturated heterocycles. The lowest BCUT2D eigenvalue weighted by Crippen LogP contribution is -2.34. The molecule has 0 radical (unpaired) electrons. The Morgan fingerprint density at radius 3 is 2.67 bits per heavy atom. The molecule has 0 amide bonds. The van der Waals surface area contributed by atoms with Gasteiger partial charge in [-0.25, -0.2) is 8.42 Å². The quantitative estimate of drug-likeness (QED) is 0.797. The molecule has 2 rings (SSSR count). The number of benzene rings is 1. The first kappa shape index (κ1) is 16.7. The third kappa shape index (κ3) is 4.19. The summed E-state index contributed by atoms with van der Waals surface area (Å²) < 4.78 is 27.4. The summed E-state index contributed by atoms with van der Waals surface area (Å²) >= 11 is 6.15. The average molecular weight is 331 g/mol. The van der Waals surface area contributed by atoms with E-state index in [1.54, 1.807) is 16.4 Å². The molecule has 118 valence electrons. The lowest BCUT2D eigenvalue weighted by Gasteiger charge is -2.22. The summed E-state index contributed by atoms with van der Waals surface area (Å²) in [6.45, 7) is 3.78. The molecule has 0 bridgehead atoms. The van der Waals surface area contributed by atoms with Gasteiger partial charge in [-0.15, -0.1) is 0 Å². The largest absolute Gasteiger partial charge is 0.316 e. The molecular weight excluding hydrogens is 308 g/mol. The Morgan fingerprint density at radius 2 is 2.10 bits per heavy atom. The summed E-state index contributed by atoms with van der Waals surface area (Å²) in [6, 6.07) is 5.20. The van der Waals surface area contributed by atoms with Crippen LogP contribution in [0.4, 0.5) is 0 Å². The fourth-order valence-corrected chi connectivity index (χ4v) is 4.48. The van der Waals surface area contributed by atoms with E-state index in [-0.39, 0.29) is 4.90 Å². The minimum absolute atomic E-state index is 0.228. The van der Waals surface area contributed by atoms with Gasteiger partial charge in [-0.2, -0.15) is 4.31 Å². The summed E-state index contributed by atoms with van der Waals surface area (Å²) in [5, 5.41) is 3.33. The average Bonchev–Trinajstić information content (AvgIpc) is 3.24. The zero-order valence-corrected chi connectivity index (χ0v) is 14.2. The Labute approximate surface area is 132 Å². The second kappa shape index (κ2) is 7.09. The smallest absolute Gasteiger partial charge is 0.244 e. The van der Waals surface area contributed by atoms with E-state index in [0.29, 0.717) is 30.6 Å². The van der Waals surface area contributed by atoms with Crippen LogP contribution in [0.25, 0.3) is 0 Å². The van der Waals surface area contributed by atoms with Crippen LogP contribution >= 0.6 is 11.6 Å². The van der Waals surface area contributed by atoms with Crippen LogP contribution in [-0.2, 0) is 16.6 Å². The van der Waals surface area contributed by atoms with E-state index in [0.717, 1.165) is 24.8 Å². The molecule has 6 heteroatoms. The summed E-state index contributed by atoms with van der Waals surface area (Å²) in [4.78, 5) is 0.228. The molecule has 1 aliphatic carbocycles. The van der Waals surface area contributed by atoms with Crippen LogP contribution < -0.4 is 5.32 Å². The van der Waals surface area contributed by atoms with Crippen molar-refractivity contribution < 1.29 is 8.42 Å². The first-order chi connectivity index (χ1) is 9.98. The predicted molar refractivity (Wildman–Crippen MR) is 86.0 cm³/mol. The molecule has 0 heterocycles. The number of nitrogens with one attached hydrogen (secondary N) is 1. The van der Waals surface area contributed by atoms with E-state index in [1.807, 2.05) is 20.0 Å². The van der Waals surface area contributed by atoms with E-state index in [4.69, 9.17) is 11.6 Å². The molecule has 1 N–H and O–H groups in total. The molecule has 1 aromatic rings. The second-order valence-electron chi connectivity index (χ2n) is 5.60. The molecule has 1 fully saturated rings. The van der Waals surface area contributed by atoms with Gasteiger partial charge in [0.05, 0.1) is 5.02 Å². The van der Waals surface area contributed by atoms with Crippen LogP contribution in [0.2, 0.25) is 5.02 Å². The highest BCUT2D eigenvalue weighted by atomic mass is 35.5. The fourth-order valence-electron chi connectivity index (χ4n) is 2.35. The van der Waals surface area contributed by atoms with Crippen molar-refractivity contribution in [1.82, 2.24) is 9.62 Å². The van der Waals surface area contributed by atoms with Crippen molar-refractivity contribution in [3.05, 3.63) is 28.8 Å². The maximum Gasteiger partial charge on any atom is 0.244 e. The zero-order valence-electron chi connectivity index (χ0n) is 12.6. The van der Waals surface area contributed by atoms with Gasteiger partial charge < -0.3 is 5.32 Å². The highest BCUT2D eigenvalue weighted by molar-refractivity contribution is 7.89. The molecule has 4 nitrogen and oxygen atoms in total. The zero-order chi connectivity index (χ0) is 15.5. The minimum Gasteiger partial charge on any atom is -0.316 e. The van der Waals surface area contributed by atoms with Crippen LogP contribution in [0.1, 0.15) is 31.7 Å². The number of sulfonamides is 1. The van der Waals surface area contributed by atoms with Crippen molar-refractivity contribution in [1.29, 1.82) is 0 Å². The Morgan fingerprint density at radius 1 is 1.38 bits per heavy atom. The van der Waals surface area contributed by atoms with E-state index >= 15 is 0 Å². The minimum atomic E-state index is -3.52. The molecule has 1 aromatic carbocycles. The van der Waals surface area contributed by atoms with Gasteiger partial charge in [-0.3, -0.25) is 0 Å². The predicted octanol–water partition coefficient (Wildman–Crippen LogP) is 2.87. The van der Waals surface area contributed by atoms with E-state index in [9.17, 15) is 8.42 Å². The van der Waals surface area contributed by atoms with Crippen molar-refractivity contribution in [2.45, 2.75) is 37.6 Å². The van der Waals surface area contributed by atoms with Crippen LogP contribution in [0.3, 0.4) is 0 Å².